The molecule has 78 valence electrons. The minimum atomic E-state index is 0.277. The highest BCUT2D eigenvalue weighted by molar-refractivity contribution is 5.86. The van der Waals surface area contributed by atoms with Gasteiger partial charge in [0.25, 0.3) is 0 Å². The summed E-state index contributed by atoms with van der Waals surface area (Å²) in [5.74, 6) is 0.277. The van der Waals surface area contributed by atoms with Gasteiger partial charge < -0.3 is 10.1 Å². The smallest absolute Gasteiger partial charge is 0.116 e. The van der Waals surface area contributed by atoms with Crippen molar-refractivity contribution in [3.8, 4) is 17.1 Å². The number of nitrogens with one attached hydrogen (secondary N) is 1. The number of fused-ring (bicyclic) bond motifs is 1. The summed E-state index contributed by atoms with van der Waals surface area (Å²) in [6.07, 6.45) is 1.76. The Morgan fingerprint density at radius 2 is 2.00 bits per heavy atom. The van der Waals surface area contributed by atoms with Gasteiger partial charge in [0.15, 0.2) is 0 Å². The molecular weight excluding hydrogens is 200 g/mol. The first-order chi connectivity index (χ1) is 7.83. The highest BCUT2D eigenvalue weighted by Gasteiger charge is 2.03. The van der Waals surface area contributed by atoms with Gasteiger partial charge in [-0.25, -0.2) is 0 Å². The molecule has 0 aliphatic rings. The zero-order chi connectivity index (χ0) is 11.0. The maximum atomic E-state index is 9.38. The van der Waals surface area contributed by atoms with Crippen LogP contribution in [0.1, 0.15) is 0 Å². The van der Waals surface area contributed by atoms with E-state index in [2.05, 4.69) is 9.97 Å². The third kappa shape index (κ3) is 1.42. The molecule has 0 radical (unpaired) electrons. The molecule has 1 aromatic carbocycles. The Morgan fingerprint density at radius 3 is 2.81 bits per heavy atom. The van der Waals surface area contributed by atoms with Gasteiger partial charge in [-0.3, -0.25) is 4.98 Å². The van der Waals surface area contributed by atoms with Crippen molar-refractivity contribution in [3.05, 3.63) is 48.7 Å². The van der Waals surface area contributed by atoms with Crippen LogP contribution in [0.5, 0.6) is 5.75 Å². The van der Waals surface area contributed by atoms with Gasteiger partial charge in [-0.2, -0.15) is 0 Å². The van der Waals surface area contributed by atoms with E-state index in [1.807, 2.05) is 30.3 Å². The van der Waals surface area contributed by atoms with E-state index in [0.717, 1.165) is 22.3 Å². The van der Waals surface area contributed by atoms with E-state index in [4.69, 9.17) is 0 Å². The Morgan fingerprint density at radius 1 is 1.06 bits per heavy atom. The number of H-pyrrole nitrogens is 1. The monoisotopic (exact) mass is 210 g/mol. The summed E-state index contributed by atoms with van der Waals surface area (Å²) in [5, 5.41) is 10.4. The fourth-order valence-electron chi connectivity index (χ4n) is 1.78. The number of aromatic hydroxyl groups is 1. The lowest BCUT2D eigenvalue weighted by atomic mass is 10.2. The lowest BCUT2D eigenvalue weighted by molar-refractivity contribution is 0.476. The fraction of sp³-hybridized carbons (Fsp3) is 0. The SMILES string of the molecule is Oc1ccc2[nH]c(-c3ccccn3)cc2c1. The van der Waals surface area contributed by atoms with Crippen molar-refractivity contribution in [1.82, 2.24) is 9.97 Å². The molecule has 0 amide bonds. The van der Waals surface area contributed by atoms with Crippen LogP contribution < -0.4 is 0 Å². The lowest BCUT2D eigenvalue weighted by Gasteiger charge is -1.93. The van der Waals surface area contributed by atoms with Crippen LogP contribution in [0.15, 0.2) is 48.7 Å². The van der Waals surface area contributed by atoms with Crippen molar-refractivity contribution < 1.29 is 5.11 Å². The number of pyridine rings is 1. The lowest BCUT2D eigenvalue weighted by Crippen LogP contribution is -1.80. The van der Waals surface area contributed by atoms with Crippen LogP contribution in [0.3, 0.4) is 0 Å². The number of benzene rings is 1. The molecular formula is C13H10N2O. The number of aromatic nitrogens is 2. The summed E-state index contributed by atoms with van der Waals surface area (Å²) in [7, 11) is 0. The molecule has 3 heteroatoms. The van der Waals surface area contributed by atoms with Crippen LogP contribution in [0.4, 0.5) is 0 Å². The molecule has 0 saturated carbocycles. The van der Waals surface area contributed by atoms with Gasteiger partial charge >= 0.3 is 0 Å². The molecule has 3 nitrogen and oxygen atoms in total. The molecule has 0 atom stereocenters. The normalized spacial score (nSPS) is 10.8. The fourth-order valence-corrected chi connectivity index (χ4v) is 1.78. The van der Waals surface area contributed by atoms with E-state index in [1.54, 1.807) is 18.3 Å². The molecule has 0 fully saturated rings. The first-order valence-electron chi connectivity index (χ1n) is 5.06. The number of rotatable bonds is 1. The van der Waals surface area contributed by atoms with Crippen LogP contribution in [0.2, 0.25) is 0 Å². The van der Waals surface area contributed by atoms with E-state index in [9.17, 15) is 5.11 Å². The standard InChI is InChI=1S/C13H10N2O/c16-10-4-5-11-9(7-10)8-13(15-11)12-3-1-2-6-14-12/h1-8,15-16H. The summed E-state index contributed by atoms with van der Waals surface area (Å²) < 4.78 is 0. The number of nitrogens with zero attached hydrogens (tertiary/aromatic N) is 1. The summed E-state index contributed by atoms with van der Waals surface area (Å²) in [4.78, 5) is 7.54. The van der Waals surface area contributed by atoms with Gasteiger partial charge in [-0.15, -0.1) is 0 Å². The number of phenolic OH excluding ortho intramolecular Hbond substituents is 1. The quantitative estimate of drug-likeness (QED) is 0.648. The Bertz CT molecular complexity index is 629. The number of phenols is 1. The number of hydrogen-bond donors (Lipinski definition) is 2. The molecule has 3 rings (SSSR count). The zero-order valence-corrected chi connectivity index (χ0v) is 8.51. The molecule has 0 bridgehead atoms. The third-order valence-corrected chi connectivity index (χ3v) is 2.55. The summed E-state index contributed by atoms with van der Waals surface area (Å²) in [5.41, 5.74) is 2.86. The molecule has 0 aliphatic heterocycles. The Balaban J connectivity index is 2.19. The van der Waals surface area contributed by atoms with Gasteiger partial charge in [0.05, 0.1) is 11.4 Å². The molecule has 2 N–H and O–H groups in total. The van der Waals surface area contributed by atoms with Gasteiger partial charge in [0.1, 0.15) is 5.75 Å². The highest BCUT2D eigenvalue weighted by Crippen LogP contribution is 2.25. The van der Waals surface area contributed by atoms with Crippen LogP contribution >= 0.6 is 0 Å². The second kappa shape index (κ2) is 3.38. The van der Waals surface area contributed by atoms with Crippen molar-refractivity contribution in [3.63, 3.8) is 0 Å². The van der Waals surface area contributed by atoms with Crippen molar-refractivity contribution >= 4 is 10.9 Å². The first-order valence-corrected chi connectivity index (χ1v) is 5.06. The van der Waals surface area contributed by atoms with E-state index in [-0.39, 0.29) is 5.75 Å². The zero-order valence-electron chi connectivity index (χ0n) is 8.51. The minimum absolute atomic E-state index is 0.277. The van der Waals surface area contributed by atoms with E-state index < -0.39 is 0 Å². The average Bonchev–Trinajstić information content (AvgIpc) is 2.73. The second-order valence-electron chi connectivity index (χ2n) is 3.67. The Kier molecular flexibility index (Phi) is 1.90. The van der Waals surface area contributed by atoms with Crippen molar-refractivity contribution in [2.24, 2.45) is 0 Å². The van der Waals surface area contributed by atoms with Crippen molar-refractivity contribution in [1.29, 1.82) is 0 Å². The van der Waals surface area contributed by atoms with Gasteiger partial charge in [-0.1, -0.05) is 6.07 Å². The van der Waals surface area contributed by atoms with Gasteiger partial charge in [-0.05, 0) is 36.4 Å². The molecule has 2 heterocycles. The first kappa shape index (κ1) is 8.97. The molecule has 0 aliphatic carbocycles. The molecule has 2 aromatic heterocycles. The molecule has 16 heavy (non-hydrogen) atoms. The number of hydrogen-bond acceptors (Lipinski definition) is 2. The highest BCUT2D eigenvalue weighted by atomic mass is 16.3. The van der Waals surface area contributed by atoms with Crippen molar-refractivity contribution in [2.75, 3.05) is 0 Å². The topological polar surface area (TPSA) is 48.9 Å². The van der Waals surface area contributed by atoms with Crippen molar-refractivity contribution in [2.45, 2.75) is 0 Å². The average molecular weight is 210 g/mol. The predicted octanol–water partition coefficient (Wildman–Crippen LogP) is 2.94. The Hall–Kier alpha value is -2.29. The van der Waals surface area contributed by atoms with Crippen LogP contribution in [-0.4, -0.2) is 15.1 Å². The number of aromatic amines is 1. The predicted molar refractivity (Wildman–Crippen MR) is 63.2 cm³/mol. The summed E-state index contributed by atoms with van der Waals surface area (Å²) in [6.45, 7) is 0. The van der Waals surface area contributed by atoms with Crippen LogP contribution in [0, 0.1) is 0 Å². The summed E-state index contributed by atoms with van der Waals surface area (Å²) in [6, 6.07) is 13.0. The molecule has 3 aromatic rings. The van der Waals surface area contributed by atoms with E-state index in [0.29, 0.717) is 0 Å². The van der Waals surface area contributed by atoms with Gasteiger partial charge in [0.2, 0.25) is 0 Å². The maximum absolute atomic E-state index is 9.38. The largest absolute Gasteiger partial charge is 0.508 e. The van der Waals surface area contributed by atoms with Gasteiger partial charge in [0, 0.05) is 17.1 Å². The molecule has 0 saturated heterocycles. The molecule has 0 unspecified atom stereocenters. The molecule has 0 spiro atoms. The summed E-state index contributed by atoms with van der Waals surface area (Å²) >= 11 is 0. The van der Waals surface area contributed by atoms with E-state index in [1.165, 1.54) is 0 Å². The van der Waals surface area contributed by atoms with Crippen LogP contribution in [0.25, 0.3) is 22.3 Å². The minimum Gasteiger partial charge on any atom is -0.508 e. The Labute approximate surface area is 92.4 Å². The maximum Gasteiger partial charge on any atom is 0.116 e. The van der Waals surface area contributed by atoms with E-state index >= 15 is 0 Å². The van der Waals surface area contributed by atoms with Crippen LogP contribution in [-0.2, 0) is 0 Å². The second-order valence-corrected chi connectivity index (χ2v) is 3.67. The third-order valence-electron chi connectivity index (χ3n) is 2.55.